The predicted molar refractivity (Wildman–Crippen MR) is 67.1 cm³/mol. The fraction of sp³-hybridized carbons (Fsp3) is 1.00. The Morgan fingerprint density at radius 1 is 0.846 bits per heavy atom. The van der Waals surface area contributed by atoms with Gasteiger partial charge in [-0.05, 0) is 19.9 Å². The van der Waals surface area contributed by atoms with Crippen molar-refractivity contribution in [3.63, 3.8) is 0 Å². The minimum atomic E-state index is 0.846. The van der Waals surface area contributed by atoms with Crippen LogP contribution in [0.1, 0.15) is 57.8 Å². The molecule has 0 bridgehead atoms. The summed E-state index contributed by atoms with van der Waals surface area (Å²) in [6.07, 6.45) is 13.1. The minimum absolute atomic E-state index is 0.846. The normalized spacial score (nSPS) is 23.3. The van der Waals surface area contributed by atoms with Crippen LogP contribution in [0.15, 0.2) is 0 Å². The van der Waals surface area contributed by atoms with Crippen molar-refractivity contribution in [2.75, 3.05) is 7.05 Å². The highest BCUT2D eigenvalue weighted by atomic mass is 127. The van der Waals surface area contributed by atoms with Crippen LogP contribution >= 0.6 is 22.9 Å². The van der Waals surface area contributed by atoms with E-state index in [0.717, 1.165) is 6.04 Å². The maximum Gasteiger partial charge on any atom is 0.0201 e. The zero-order valence-electron chi connectivity index (χ0n) is 8.77. The van der Waals surface area contributed by atoms with Gasteiger partial charge in [0.25, 0.3) is 0 Å². The van der Waals surface area contributed by atoms with Gasteiger partial charge in [0.15, 0.2) is 0 Å². The maximum atomic E-state index is 2.45. The van der Waals surface area contributed by atoms with E-state index >= 15 is 0 Å². The molecule has 2 heteroatoms. The quantitative estimate of drug-likeness (QED) is 0.518. The fourth-order valence-electron chi connectivity index (χ4n) is 2.14. The molecule has 0 heterocycles. The number of nitrogens with zero attached hydrogens (tertiary/aromatic N) is 1. The SMILES string of the molecule is CN(I)C1CCCCCCCCC1. The molecule has 78 valence electrons. The Morgan fingerprint density at radius 3 is 1.62 bits per heavy atom. The van der Waals surface area contributed by atoms with Gasteiger partial charge < -0.3 is 0 Å². The lowest BCUT2D eigenvalue weighted by molar-refractivity contribution is 0.349. The van der Waals surface area contributed by atoms with Crippen molar-refractivity contribution in [2.24, 2.45) is 0 Å². The van der Waals surface area contributed by atoms with Crippen molar-refractivity contribution < 1.29 is 0 Å². The van der Waals surface area contributed by atoms with Crippen molar-refractivity contribution >= 4 is 22.9 Å². The molecule has 0 aliphatic heterocycles. The van der Waals surface area contributed by atoms with Crippen LogP contribution < -0.4 is 0 Å². The molecule has 1 aliphatic rings. The summed E-state index contributed by atoms with van der Waals surface area (Å²) in [6, 6.07) is 0.846. The van der Waals surface area contributed by atoms with Gasteiger partial charge in [-0.3, -0.25) is 0 Å². The summed E-state index contributed by atoms with van der Waals surface area (Å²) in [7, 11) is 2.22. The Balaban J connectivity index is 2.26. The fourth-order valence-corrected chi connectivity index (χ4v) is 2.70. The first-order chi connectivity index (χ1) is 6.30. The van der Waals surface area contributed by atoms with Crippen molar-refractivity contribution in [2.45, 2.75) is 63.8 Å². The molecule has 0 aromatic heterocycles. The van der Waals surface area contributed by atoms with E-state index in [4.69, 9.17) is 0 Å². The average molecular weight is 295 g/mol. The molecule has 1 fully saturated rings. The van der Waals surface area contributed by atoms with Gasteiger partial charge in [-0.15, -0.1) is 0 Å². The Labute approximate surface area is 96.8 Å². The van der Waals surface area contributed by atoms with Crippen molar-refractivity contribution in [1.82, 2.24) is 3.11 Å². The third kappa shape index (κ3) is 5.21. The van der Waals surface area contributed by atoms with Crippen molar-refractivity contribution in [3.8, 4) is 0 Å². The lowest BCUT2D eigenvalue weighted by Crippen LogP contribution is -2.22. The highest BCUT2D eigenvalue weighted by molar-refractivity contribution is 14.1. The predicted octanol–water partition coefficient (Wildman–Crippen LogP) is 4.16. The van der Waals surface area contributed by atoms with Gasteiger partial charge in [-0.2, -0.15) is 0 Å². The molecule has 0 N–H and O–H groups in total. The van der Waals surface area contributed by atoms with Crippen LogP contribution in [0.2, 0.25) is 0 Å². The van der Waals surface area contributed by atoms with E-state index in [2.05, 4.69) is 33.0 Å². The Kier molecular flexibility index (Phi) is 6.37. The smallest absolute Gasteiger partial charge is 0.0201 e. The largest absolute Gasteiger partial charge is 0.248 e. The summed E-state index contributed by atoms with van der Waals surface area (Å²) in [5.41, 5.74) is 0. The monoisotopic (exact) mass is 295 g/mol. The van der Waals surface area contributed by atoms with Gasteiger partial charge in [0, 0.05) is 28.9 Å². The van der Waals surface area contributed by atoms with E-state index in [9.17, 15) is 0 Å². The average Bonchev–Trinajstić information content (AvgIpc) is 2.14. The van der Waals surface area contributed by atoms with Crippen LogP contribution in [0, 0.1) is 0 Å². The Morgan fingerprint density at radius 2 is 1.23 bits per heavy atom. The summed E-state index contributed by atoms with van der Waals surface area (Å²) in [5.74, 6) is 0. The molecule has 1 saturated carbocycles. The van der Waals surface area contributed by atoms with E-state index in [-0.39, 0.29) is 0 Å². The zero-order valence-corrected chi connectivity index (χ0v) is 10.9. The lowest BCUT2D eigenvalue weighted by Gasteiger charge is -2.23. The van der Waals surface area contributed by atoms with Crippen LogP contribution in [-0.2, 0) is 0 Å². The molecule has 0 spiro atoms. The molecule has 1 nitrogen and oxygen atoms in total. The topological polar surface area (TPSA) is 3.24 Å². The van der Waals surface area contributed by atoms with Crippen LogP contribution in [0.5, 0.6) is 0 Å². The molecular weight excluding hydrogens is 273 g/mol. The zero-order chi connectivity index (χ0) is 9.52. The Bertz CT molecular complexity index is 115. The molecule has 1 aliphatic carbocycles. The van der Waals surface area contributed by atoms with Gasteiger partial charge in [0.05, 0.1) is 0 Å². The van der Waals surface area contributed by atoms with Gasteiger partial charge >= 0.3 is 0 Å². The highest BCUT2D eigenvalue weighted by Gasteiger charge is 2.12. The second-order valence-corrected chi connectivity index (χ2v) is 5.75. The standard InChI is InChI=1S/C11H22IN/c1-13(12)11-9-7-5-3-2-4-6-8-10-11/h11H,2-10H2,1H3. The number of rotatable bonds is 1. The van der Waals surface area contributed by atoms with Gasteiger partial charge in [0.1, 0.15) is 0 Å². The second-order valence-electron chi connectivity index (χ2n) is 4.23. The molecule has 0 aromatic carbocycles. The summed E-state index contributed by atoms with van der Waals surface area (Å²) in [5, 5.41) is 0. The van der Waals surface area contributed by atoms with E-state index in [0.29, 0.717) is 0 Å². The number of hydrogen-bond acceptors (Lipinski definition) is 1. The van der Waals surface area contributed by atoms with E-state index in [1.165, 1.54) is 57.8 Å². The van der Waals surface area contributed by atoms with Crippen molar-refractivity contribution in [1.29, 1.82) is 0 Å². The Hall–Kier alpha value is 0.690. The molecule has 0 unspecified atom stereocenters. The third-order valence-corrected chi connectivity index (χ3v) is 3.87. The third-order valence-electron chi connectivity index (χ3n) is 3.08. The molecule has 0 saturated heterocycles. The molecular formula is C11H22IN. The first kappa shape index (κ1) is 11.8. The van der Waals surface area contributed by atoms with Crippen molar-refractivity contribution in [3.05, 3.63) is 0 Å². The lowest BCUT2D eigenvalue weighted by atomic mass is 9.98. The summed E-state index contributed by atoms with van der Waals surface area (Å²) in [4.78, 5) is 0. The van der Waals surface area contributed by atoms with Crippen LogP contribution in [0.25, 0.3) is 0 Å². The summed E-state index contributed by atoms with van der Waals surface area (Å²) >= 11 is 2.45. The molecule has 0 atom stereocenters. The summed E-state index contributed by atoms with van der Waals surface area (Å²) < 4.78 is 2.39. The van der Waals surface area contributed by atoms with Gasteiger partial charge in [-0.25, -0.2) is 3.11 Å². The first-order valence-corrected chi connectivity index (χ1v) is 6.66. The first-order valence-electron chi connectivity index (χ1n) is 5.69. The van der Waals surface area contributed by atoms with Crippen LogP contribution in [0.3, 0.4) is 0 Å². The van der Waals surface area contributed by atoms with Gasteiger partial charge in [0.2, 0.25) is 0 Å². The maximum absolute atomic E-state index is 2.45. The van der Waals surface area contributed by atoms with Crippen LogP contribution in [0.4, 0.5) is 0 Å². The van der Waals surface area contributed by atoms with E-state index in [1.807, 2.05) is 0 Å². The minimum Gasteiger partial charge on any atom is -0.248 e. The highest BCUT2D eigenvalue weighted by Crippen LogP contribution is 2.21. The number of halogens is 1. The van der Waals surface area contributed by atoms with Gasteiger partial charge in [-0.1, -0.05) is 44.9 Å². The van der Waals surface area contributed by atoms with E-state index in [1.54, 1.807) is 0 Å². The molecule has 13 heavy (non-hydrogen) atoms. The number of hydrogen-bond donors (Lipinski definition) is 0. The second kappa shape index (κ2) is 7.04. The molecule has 0 amide bonds. The molecule has 0 aromatic rings. The molecule has 0 radical (unpaired) electrons. The molecule has 1 rings (SSSR count). The van der Waals surface area contributed by atoms with Crippen LogP contribution in [-0.4, -0.2) is 16.2 Å². The summed E-state index contributed by atoms with van der Waals surface area (Å²) in [6.45, 7) is 0. The van der Waals surface area contributed by atoms with E-state index < -0.39 is 0 Å².